The van der Waals surface area contributed by atoms with Crippen LogP contribution in [0.25, 0.3) is 10.9 Å². The van der Waals surface area contributed by atoms with Gasteiger partial charge in [-0.1, -0.05) is 6.07 Å². The number of amides is 1. The second-order valence-electron chi connectivity index (χ2n) is 8.11. The van der Waals surface area contributed by atoms with Crippen molar-refractivity contribution in [1.29, 1.82) is 0 Å². The number of carboxylic acid groups (broad SMARTS) is 1. The lowest BCUT2D eigenvalue weighted by molar-refractivity contribution is 0.0491. The Bertz CT molecular complexity index is 870. The minimum Gasteiger partial charge on any atom is -0.478 e. The van der Waals surface area contributed by atoms with E-state index in [0.29, 0.717) is 11.5 Å². The number of rotatable bonds is 4. The number of ether oxygens (including phenoxy) is 1. The van der Waals surface area contributed by atoms with Crippen LogP contribution in [0.3, 0.4) is 0 Å². The Kier molecular flexibility index (Phi) is 5.67. The Morgan fingerprint density at radius 3 is 2.46 bits per heavy atom. The van der Waals surface area contributed by atoms with E-state index in [1.54, 1.807) is 24.4 Å². The van der Waals surface area contributed by atoms with Gasteiger partial charge in [-0.05, 0) is 58.6 Å². The van der Waals surface area contributed by atoms with Crippen LogP contribution < -0.4 is 10.6 Å². The molecule has 0 atom stereocenters. The molecule has 8 heteroatoms. The Labute approximate surface area is 163 Å². The van der Waals surface area contributed by atoms with Crippen molar-refractivity contribution in [2.45, 2.75) is 64.1 Å². The summed E-state index contributed by atoms with van der Waals surface area (Å²) in [5, 5.41) is 16.2. The lowest BCUT2D eigenvalue weighted by Gasteiger charge is -2.30. The van der Waals surface area contributed by atoms with Gasteiger partial charge in [0.2, 0.25) is 5.95 Å². The molecule has 3 rings (SSSR count). The summed E-state index contributed by atoms with van der Waals surface area (Å²) >= 11 is 0. The van der Waals surface area contributed by atoms with Gasteiger partial charge in [-0.25, -0.2) is 19.6 Å². The zero-order valence-corrected chi connectivity index (χ0v) is 16.4. The number of aromatic nitrogens is 2. The van der Waals surface area contributed by atoms with Crippen LogP contribution in [0.5, 0.6) is 0 Å². The van der Waals surface area contributed by atoms with Gasteiger partial charge >= 0.3 is 12.1 Å². The van der Waals surface area contributed by atoms with Crippen LogP contribution in [0.1, 0.15) is 56.8 Å². The van der Waals surface area contributed by atoms with Gasteiger partial charge in [0.05, 0.1) is 11.1 Å². The highest BCUT2D eigenvalue weighted by Crippen LogP contribution is 2.23. The molecule has 28 heavy (non-hydrogen) atoms. The molecule has 1 amide bonds. The number of hydrogen-bond donors (Lipinski definition) is 3. The molecule has 2 aromatic rings. The maximum absolute atomic E-state index is 11.9. The van der Waals surface area contributed by atoms with Crippen LogP contribution in [0, 0.1) is 0 Å². The molecular weight excluding hydrogens is 360 g/mol. The number of carbonyl (C=O) groups excluding carboxylic acids is 1. The van der Waals surface area contributed by atoms with Crippen molar-refractivity contribution in [1.82, 2.24) is 15.3 Å². The smallest absolute Gasteiger partial charge is 0.407 e. The maximum atomic E-state index is 11.9. The lowest BCUT2D eigenvalue weighted by atomic mass is 9.91. The fourth-order valence-electron chi connectivity index (χ4n) is 3.26. The summed E-state index contributed by atoms with van der Waals surface area (Å²) in [6.45, 7) is 5.53. The topological polar surface area (TPSA) is 113 Å². The van der Waals surface area contributed by atoms with Crippen LogP contribution >= 0.6 is 0 Å². The van der Waals surface area contributed by atoms with Crippen molar-refractivity contribution >= 4 is 28.9 Å². The summed E-state index contributed by atoms with van der Waals surface area (Å²) in [6, 6.07) is 5.10. The first-order valence-electron chi connectivity index (χ1n) is 9.46. The minimum absolute atomic E-state index is 0.101. The molecule has 0 bridgehead atoms. The summed E-state index contributed by atoms with van der Waals surface area (Å²) in [5.74, 6) is -0.496. The van der Waals surface area contributed by atoms with E-state index in [1.165, 1.54) is 0 Å². The number of nitrogens with one attached hydrogen (secondary N) is 2. The predicted molar refractivity (Wildman–Crippen MR) is 106 cm³/mol. The molecule has 3 N–H and O–H groups in total. The van der Waals surface area contributed by atoms with E-state index in [1.807, 2.05) is 20.8 Å². The number of anilines is 1. The minimum atomic E-state index is -0.981. The van der Waals surface area contributed by atoms with Crippen molar-refractivity contribution in [2.24, 2.45) is 0 Å². The van der Waals surface area contributed by atoms with Crippen LogP contribution in [-0.2, 0) is 4.74 Å². The van der Waals surface area contributed by atoms with Crippen LogP contribution in [0.15, 0.2) is 24.4 Å². The van der Waals surface area contributed by atoms with Crippen molar-refractivity contribution in [3.63, 3.8) is 0 Å². The van der Waals surface area contributed by atoms with Gasteiger partial charge < -0.3 is 20.5 Å². The molecule has 0 unspecified atom stereocenters. The Hall–Kier alpha value is -2.90. The molecule has 8 nitrogen and oxygen atoms in total. The van der Waals surface area contributed by atoms with E-state index < -0.39 is 11.6 Å². The number of aromatic carboxylic acids is 1. The molecule has 1 aliphatic rings. The highest BCUT2D eigenvalue weighted by Gasteiger charge is 2.25. The lowest BCUT2D eigenvalue weighted by Crippen LogP contribution is -2.42. The first-order valence-corrected chi connectivity index (χ1v) is 9.46. The zero-order valence-electron chi connectivity index (χ0n) is 16.4. The molecule has 1 saturated carbocycles. The van der Waals surface area contributed by atoms with Gasteiger partial charge in [0, 0.05) is 23.7 Å². The van der Waals surface area contributed by atoms with Gasteiger partial charge in [0.25, 0.3) is 0 Å². The van der Waals surface area contributed by atoms with Gasteiger partial charge in [-0.15, -0.1) is 0 Å². The molecule has 1 fully saturated rings. The molecule has 150 valence electrons. The van der Waals surface area contributed by atoms with Crippen molar-refractivity contribution in [3.8, 4) is 0 Å². The number of carboxylic acids is 1. The highest BCUT2D eigenvalue weighted by molar-refractivity contribution is 5.93. The number of alkyl carbamates (subject to hydrolysis) is 1. The second kappa shape index (κ2) is 8.00. The average Bonchev–Trinajstić information content (AvgIpc) is 2.61. The van der Waals surface area contributed by atoms with E-state index >= 15 is 0 Å². The van der Waals surface area contributed by atoms with Gasteiger partial charge in [0.1, 0.15) is 5.60 Å². The van der Waals surface area contributed by atoms with E-state index in [9.17, 15) is 9.59 Å². The number of hydrogen-bond acceptors (Lipinski definition) is 6. The Morgan fingerprint density at radius 2 is 1.82 bits per heavy atom. The van der Waals surface area contributed by atoms with Crippen LogP contribution in [0.2, 0.25) is 0 Å². The predicted octanol–water partition coefficient (Wildman–Crippen LogP) is 3.58. The van der Waals surface area contributed by atoms with Gasteiger partial charge in [-0.3, -0.25) is 0 Å². The summed E-state index contributed by atoms with van der Waals surface area (Å²) in [5.41, 5.74) is 0.292. The highest BCUT2D eigenvalue weighted by atomic mass is 16.6. The summed E-state index contributed by atoms with van der Waals surface area (Å²) in [6.07, 6.45) is 4.73. The van der Waals surface area contributed by atoms with Crippen molar-refractivity contribution < 1.29 is 19.4 Å². The first-order chi connectivity index (χ1) is 13.2. The largest absolute Gasteiger partial charge is 0.478 e. The third kappa shape index (κ3) is 5.31. The number of benzene rings is 1. The Balaban J connectivity index is 1.55. The normalized spacial score (nSPS) is 19.8. The number of nitrogens with zero attached hydrogens (tertiary/aromatic N) is 2. The fraction of sp³-hybridized carbons (Fsp3) is 0.500. The molecule has 0 aliphatic heterocycles. The Morgan fingerprint density at radius 1 is 1.14 bits per heavy atom. The van der Waals surface area contributed by atoms with Gasteiger partial charge in [0.15, 0.2) is 0 Å². The van der Waals surface area contributed by atoms with E-state index in [2.05, 4.69) is 20.6 Å². The van der Waals surface area contributed by atoms with E-state index in [4.69, 9.17) is 9.84 Å². The maximum Gasteiger partial charge on any atom is 0.407 e. The van der Waals surface area contributed by atoms with Crippen LogP contribution in [0.4, 0.5) is 10.7 Å². The monoisotopic (exact) mass is 386 g/mol. The quantitative estimate of drug-likeness (QED) is 0.736. The molecule has 0 saturated heterocycles. The zero-order chi connectivity index (χ0) is 20.3. The second-order valence-corrected chi connectivity index (χ2v) is 8.11. The first kappa shape index (κ1) is 19.9. The van der Waals surface area contributed by atoms with Gasteiger partial charge in [-0.2, -0.15) is 0 Å². The average molecular weight is 386 g/mol. The third-order valence-electron chi connectivity index (χ3n) is 4.61. The van der Waals surface area contributed by atoms with E-state index in [-0.39, 0.29) is 23.7 Å². The van der Waals surface area contributed by atoms with E-state index in [0.717, 1.165) is 31.1 Å². The summed E-state index contributed by atoms with van der Waals surface area (Å²) in [7, 11) is 0. The number of carbonyl (C=O) groups is 2. The number of fused-ring (bicyclic) bond motifs is 1. The molecule has 1 aromatic carbocycles. The van der Waals surface area contributed by atoms with Crippen LogP contribution in [-0.4, -0.2) is 44.8 Å². The molecule has 0 radical (unpaired) electrons. The molecule has 1 aliphatic carbocycles. The molecule has 0 spiro atoms. The molecule has 1 heterocycles. The molecular formula is C20H26N4O4. The SMILES string of the molecule is CC(C)(C)OC(=O)N[C@H]1CC[C@H](Nc2ncc3ccc(C(=O)O)cc3n2)CC1. The third-order valence-corrected chi connectivity index (χ3v) is 4.61. The summed E-state index contributed by atoms with van der Waals surface area (Å²) in [4.78, 5) is 31.8. The van der Waals surface area contributed by atoms with Crippen molar-refractivity contribution in [2.75, 3.05) is 5.32 Å². The fourth-order valence-corrected chi connectivity index (χ4v) is 3.26. The summed E-state index contributed by atoms with van der Waals surface area (Å²) < 4.78 is 5.30. The standard InChI is InChI=1S/C20H26N4O4/c1-20(2,3)28-19(27)23-15-8-6-14(7-9-15)22-18-21-11-13-5-4-12(17(25)26)10-16(13)24-18/h4-5,10-11,14-15H,6-9H2,1-3H3,(H,23,27)(H,25,26)(H,21,22,24)/t14-,15-. The molecule has 1 aromatic heterocycles. The van der Waals surface area contributed by atoms with Crippen molar-refractivity contribution in [3.05, 3.63) is 30.0 Å².